The van der Waals surface area contributed by atoms with Crippen LogP contribution in [0.5, 0.6) is 0 Å². The van der Waals surface area contributed by atoms with Crippen molar-refractivity contribution < 1.29 is 24.2 Å². The summed E-state index contributed by atoms with van der Waals surface area (Å²) in [7, 11) is 0. The van der Waals surface area contributed by atoms with Gasteiger partial charge < -0.3 is 20.1 Å². The van der Waals surface area contributed by atoms with E-state index in [2.05, 4.69) is 5.32 Å². The largest absolute Gasteiger partial charge is 0.463 e. The minimum Gasteiger partial charge on any atom is -0.463 e. The molecule has 2 N–H and O–H groups in total. The number of ether oxygens (including phenoxy) is 1. The third kappa shape index (κ3) is 7.19. The Labute approximate surface area is 214 Å². The second kappa shape index (κ2) is 13.0. The van der Waals surface area contributed by atoms with Crippen LogP contribution in [-0.4, -0.2) is 53.1 Å². The molecule has 0 bridgehead atoms. The number of hydrogen-bond donors (Lipinski definition) is 2. The molecule has 1 aliphatic carbocycles. The zero-order valence-corrected chi connectivity index (χ0v) is 21.2. The maximum atomic E-state index is 13.4. The van der Waals surface area contributed by atoms with Crippen molar-refractivity contribution in [2.45, 2.75) is 89.3 Å². The number of amides is 2. The number of nitrogens with one attached hydrogen (secondary N) is 1. The quantitative estimate of drug-likeness (QED) is 0.479. The Morgan fingerprint density at radius 2 is 1.86 bits per heavy atom. The molecule has 3 unspecified atom stereocenters. The Kier molecular flexibility index (Phi) is 9.56. The first-order valence-corrected chi connectivity index (χ1v) is 13.6. The number of fused-ring (bicyclic) bond motifs is 1. The van der Waals surface area contributed by atoms with Gasteiger partial charge in [-0.25, -0.2) is 0 Å². The van der Waals surface area contributed by atoms with Crippen LogP contribution < -0.4 is 5.32 Å². The lowest BCUT2D eigenvalue weighted by Gasteiger charge is -2.37. The fraction of sp³-hybridized carbons (Fsp3) is 0.621. The molecule has 0 aromatic heterocycles. The number of carbonyl (C=O) groups is 3. The van der Waals surface area contributed by atoms with E-state index in [-0.39, 0.29) is 49.5 Å². The molecule has 7 heteroatoms. The highest BCUT2D eigenvalue weighted by Gasteiger charge is 2.33. The topological polar surface area (TPSA) is 95.9 Å². The van der Waals surface area contributed by atoms with Crippen LogP contribution in [-0.2, 0) is 32.1 Å². The first-order valence-electron chi connectivity index (χ1n) is 13.6. The molecule has 4 rings (SSSR count). The number of aliphatic hydroxyl groups excluding tert-OH is 1. The average Bonchev–Trinajstić information content (AvgIpc) is 2.89. The van der Waals surface area contributed by atoms with Crippen LogP contribution in [0.4, 0.5) is 0 Å². The third-order valence-corrected chi connectivity index (χ3v) is 7.92. The van der Waals surface area contributed by atoms with Crippen LogP contribution in [0.25, 0.3) is 0 Å². The molecule has 7 nitrogen and oxygen atoms in total. The van der Waals surface area contributed by atoms with Gasteiger partial charge in [-0.15, -0.1) is 0 Å². The molecule has 0 radical (unpaired) electrons. The molecule has 36 heavy (non-hydrogen) atoms. The monoisotopic (exact) mass is 496 g/mol. The highest BCUT2D eigenvalue weighted by molar-refractivity contribution is 5.86. The van der Waals surface area contributed by atoms with Gasteiger partial charge in [0.1, 0.15) is 6.61 Å². The molecule has 3 aliphatic rings. The van der Waals surface area contributed by atoms with Gasteiger partial charge in [-0.05, 0) is 42.7 Å². The predicted octanol–water partition coefficient (Wildman–Crippen LogP) is 3.68. The fourth-order valence-electron chi connectivity index (χ4n) is 5.81. The first kappa shape index (κ1) is 26.4. The van der Waals surface area contributed by atoms with E-state index in [1.807, 2.05) is 36.4 Å². The van der Waals surface area contributed by atoms with Crippen LogP contribution in [0.15, 0.2) is 36.4 Å². The van der Waals surface area contributed by atoms with Crippen molar-refractivity contribution in [1.29, 1.82) is 0 Å². The lowest BCUT2D eigenvalue weighted by atomic mass is 9.84. The number of esters is 1. The summed E-state index contributed by atoms with van der Waals surface area (Å²) in [4.78, 5) is 40.7. The first-order chi connectivity index (χ1) is 17.5. The van der Waals surface area contributed by atoms with E-state index in [9.17, 15) is 19.5 Å². The SMILES string of the molecule is O=C1CCC=CCC(CC(=O)N2Cc3ccccc3CC2CO)C(=O)NC(CC2CCCCC2)CO1. The van der Waals surface area contributed by atoms with E-state index in [0.29, 0.717) is 38.1 Å². The second-order valence-corrected chi connectivity index (χ2v) is 10.6. The third-order valence-electron chi connectivity index (χ3n) is 7.92. The summed E-state index contributed by atoms with van der Waals surface area (Å²) in [6.07, 6.45) is 12.6. The van der Waals surface area contributed by atoms with Crippen molar-refractivity contribution in [1.82, 2.24) is 10.2 Å². The Hall–Kier alpha value is -2.67. The number of aliphatic hydroxyl groups is 1. The van der Waals surface area contributed by atoms with Gasteiger partial charge >= 0.3 is 5.97 Å². The van der Waals surface area contributed by atoms with E-state index in [0.717, 1.165) is 30.4 Å². The van der Waals surface area contributed by atoms with Crippen molar-refractivity contribution in [3.8, 4) is 0 Å². The maximum absolute atomic E-state index is 13.4. The normalized spacial score (nSPS) is 26.2. The predicted molar refractivity (Wildman–Crippen MR) is 137 cm³/mol. The molecule has 2 aliphatic heterocycles. The van der Waals surface area contributed by atoms with Gasteiger partial charge in [-0.2, -0.15) is 0 Å². The van der Waals surface area contributed by atoms with Gasteiger partial charge in [0, 0.05) is 19.4 Å². The summed E-state index contributed by atoms with van der Waals surface area (Å²) in [5.74, 6) is -0.498. The van der Waals surface area contributed by atoms with Crippen molar-refractivity contribution in [3.63, 3.8) is 0 Å². The van der Waals surface area contributed by atoms with Crippen LogP contribution in [0, 0.1) is 11.8 Å². The molecule has 2 amide bonds. The van der Waals surface area contributed by atoms with Gasteiger partial charge in [0.2, 0.25) is 11.8 Å². The number of carbonyl (C=O) groups excluding carboxylic acids is 3. The number of nitrogens with zero attached hydrogens (tertiary/aromatic N) is 1. The molecule has 1 aromatic carbocycles. The van der Waals surface area contributed by atoms with Crippen molar-refractivity contribution in [2.24, 2.45) is 11.8 Å². The fourth-order valence-corrected chi connectivity index (χ4v) is 5.81. The molecule has 2 heterocycles. The van der Waals surface area contributed by atoms with Crippen molar-refractivity contribution >= 4 is 17.8 Å². The summed E-state index contributed by atoms with van der Waals surface area (Å²) in [6, 6.07) is 7.49. The Morgan fingerprint density at radius 1 is 1.08 bits per heavy atom. The zero-order valence-electron chi connectivity index (χ0n) is 21.2. The Balaban J connectivity index is 1.46. The van der Waals surface area contributed by atoms with E-state index in [1.165, 1.54) is 19.3 Å². The second-order valence-electron chi connectivity index (χ2n) is 10.6. The number of cyclic esters (lactones) is 1. The molecule has 3 atom stereocenters. The molecule has 1 fully saturated rings. The highest BCUT2D eigenvalue weighted by Crippen LogP contribution is 2.28. The van der Waals surface area contributed by atoms with Gasteiger partial charge in [0.15, 0.2) is 0 Å². The van der Waals surface area contributed by atoms with Crippen molar-refractivity contribution in [2.75, 3.05) is 13.2 Å². The number of benzene rings is 1. The molecule has 0 saturated heterocycles. The highest BCUT2D eigenvalue weighted by atomic mass is 16.5. The molecule has 1 aromatic rings. The molecular weight excluding hydrogens is 456 g/mol. The van der Waals surface area contributed by atoms with Crippen molar-refractivity contribution in [3.05, 3.63) is 47.5 Å². The summed E-state index contributed by atoms with van der Waals surface area (Å²) in [5, 5.41) is 13.1. The van der Waals surface area contributed by atoms with Gasteiger partial charge in [0.25, 0.3) is 0 Å². The average molecular weight is 497 g/mol. The van der Waals surface area contributed by atoms with E-state index in [1.54, 1.807) is 4.90 Å². The summed E-state index contributed by atoms with van der Waals surface area (Å²) in [5.41, 5.74) is 2.25. The zero-order chi connectivity index (χ0) is 25.3. The van der Waals surface area contributed by atoms with Crippen LogP contribution in [0.1, 0.15) is 75.3 Å². The number of rotatable bonds is 5. The number of hydrogen-bond acceptors (Lipinski definition) is 5. The molecular formula is C29H40N2O5. The summed E-state index contributed by atoms with van der Waals surface area (Å²) in [6.45, 7) is 0.525. The smallest absolute Gasteiger partial charge is 0.306 e. The van der Waals surface area contributed by atoms with Crippen LogP contribution in [0.2, 0.25) is 0 Å². The summed E-state index contributed by atoms with van der Waals surface area (Å²) >= 11 is 0. The van der Waals surface area contributed by atoms with Gasteiger partial charge in [-0.3, -0.25) is 14.4 Å². The molecule has 1 saturated carbocycles. The van der Waals surface area contributed by atoms with E-state index in [4.69, 9.17) is 4.74 Å². The lowest BCUT2D eigenvalue weighted by Crippen LogP contribution is -2.48. The molecule has 196 valence electrons. The summed E-state index contributed by atoms with van der Waals surface area (Å²) < 4.78 is 5.50. The maximum Gasteiger partial charge on any atom is 0.306 e. The van der Waals surface area contributed by atoms with E-state index < -0.39 is 5.92 Å². The Bertz CT molecular complexity index is 939. The van der Waals surface area contributed by atoms with Crippen LogP contribution in [0.3, 0.4) is 0 Å². The van der Waals surface area contributed by atoms with Gasteiger partial charge in [-0.1, -0.05) is 68.5 Å². The minimum absolute atomic E-state index is 0.0881. The van der Waals surface area contributed by atoms with Crippen LogP contribution >= 0.6 is 0 Å². The molecule has 0 spiro atoms. The van der Waals surface area contributed by atoms with Gasteiger partial charge in [0.05, 0.1) is 24.6 Å². The Morgan fingerprint density at radius 3 is 2.64 bits per heavy atom. The number of allylic oxidation sites excluding steroid dienone is 2. The van der Waals surface area contributed by atoms with E-state index >= 15 is 0 Å². The minimum atomic E-state index is -0.505. The lowest BCUT2D eigenvalue weighted by molar-refractivity contribution is -0.145. The standard InChI is InChI=1S/C29H40N2O5/c32-19-26-16-22-11-7-8-13-24(22)18-31(26)27(33)17-23-12-5-2-6-14-28(34)36-20-25(30-29(23)35)15-21-9-3-1-4-10-21/h2,5,7-8,11,13,21,23,25-26,32H,1,3-4,6,9-10,12,14-20H2,(H,30,35).